The van der Waals surface area contributed by atoms with Crippen molar-refractivity contribution in [1.29, 1.82) is 0 Å². The Morgan fingerprint density at radius 3 is 2.17 bits per heavy atom. The summed E-state index contributed by atoms with van der Waals surface area (Å²) in [6.45, 7) is 9.00. The van der Waals surface area contributed by atoms with Crippen LogP contribution in [-0.2, 0) is 4.74 Å². The number of amides is 1. The number of aliphatic imine (C=N–C) groups is 1. The van der Waals surface area contributed by atoms with Gasteiger partial charge in [0.2, 0.25) is 0 Å². The van der Waals surface area contributed by atoms with E-state index in [-0.39, 0.29) is 6.54 Å². The number of rotatable bonds is 9. The summed E-state index contributed by atoms with van der Waals surface area (Å²) < 4.78 is 15.6. The van der Waals surface area contributed by atoms with Gasteiger partial charge >= 0.3 is 6.09 Å². The predicted octanol–water partition coefficient (Wildman–Crippen LogP) is 1.82. The Bertz CT molecular complexity index is 651. The number of guanidine groups is 1. The van der Waals surface area contributed by atoms with Crippen LogP contribution in [0.25, 0.3) is 0 Å². The summed E-state index contributed by atoms with van der Waals surface area (Å²) in [6, 6.07) is 5.23. The molecule has 0 heterocycles. The molecule has 0 aliphatic heterocycles. The molecule has 0 saturated heterocycles. The zero-order valence-corrected chi connectivity index (χ0v) is 18.2. The van der Waals surface area contributed by atoms with Crippen molar-refractivity contribution in [3.8, 4) is 11.5 Å². The second kappa shape index (κ2) is 12.0. The molecule has 0 aromatic heterocycles. The first kappa shape index (κ1) is 24.4. The minimum Gasteiger partial charge on any atom is -0.497 e. The maximum atomic E-state index is 11.6. The average Bonchev–Trinajstić information content (AvgIpc) is 2.67. The van der Waals surface area contributed by atoms with E-state index in [2.05, 4.69) is 20.9 Å². The van der Waals surface area contributed by atoms with Gasteiger partial charge in [0.1, 0.15) is 17.1 Å². The number of alkyl carbamates (subject to hydrolysis) is 1. The van der Waals surface area contributed by atoms with Crippen LogP contribution in [0, 0.1) is 0 Å². The zero-order chi connectivity index (χ0) is 21.9. The molecule has 164 valence electrons. The molecule has 29 heavy (non-hydrogen) atoms. The monoisotopic (exact) mass is 410 g/mol. The number of nitrogens with zero attached hydrogens (tertiary/aromatic N) is 1. The fraction of sp³-hybridized carbons (Fsp3) is 0.600. The molecule has 0 spiro atoms. The molecule has 1 unspecified atom stereocenters. The van der Waals surface area contributed by atoms with Crippen molar-refractivity contribution >= 4 is 12.1 Å². The van der Waals surface area contributed by atoms with Gasteiger partial charge in [0.15, 0.2) is 5.96 Å². The second-order valence-corrected chi connectivity index (χ2v) is 7.24. The number of methoxy groups -OCH3 is 2. The summed E-state index contributed by atoms with van der Waals surface area (Å²) in [6.07, 6.45) is -1.29. The number of carbonyl (C=O) groups excluding carboxylic acids is 1. The summed E-state index contributed by atoms with van der Waals surface area (Å²) in [7, 11) is 3.11. The molecule has 0 aliphatic rings. The lowest BCUT2D eigenvalue weighted by Crippen LogP contribution is -2.42. The highest BCUT2D eigenvalue weighted by molar-refractivity contribution is 5.79. The number of aliphatic hydroxyl groups excluding tert-OH is 1. The Kier molecular flexibility index (Phi) is 10.1. The van der Waals surface area contributed by atoms with Crippen molar-refractivity contribution < 1.29 is 24.1 Å². The lowest BCUT2D eigenvalue weighted by atomic mass is 10.1. The number of hydrogen-bond acceptors (Lipinski definition) is 6. The van der Waals surface area contributed by atoms with Crippen molar-refractivity contribution in [2.45, 2.75) is 39.4 Å². The summed E-state index contributed by atoms with van der Waals surface area (Å²) in [5.41, 5.74) is 0.111. The SMILES string of the molecule is CCNC(=NCC(O)c1cc(OC)cc(OC)c1)NCCNC(=O)OC(C)(C)C. The molecular weight excluding hydrogens is 376 g/mol. The molecule has 9 heteroatoms. The van der Waals surface area contributed by atoms with Crippen LogP contribution in [0.1, 0.15) is 39.4 Å². The van der Waals surface area contributed by atoms with E-state index in [1.54, 1.807) is 32.4 Å². The lowest BCUT2D eigenvalue weighted by molar-refractivity contribution is 0.0529. The maximum Gasteiger partial charge on any atom is 0.407 e. The van der Waals surface area contributed by atoms with Crippen LogP contribution < -0.4 is 25.4 Å². The molecule has 1 amide bonds. The molecule has 1 atom stereocenters. The van der Waals surface area contributed by atoms with Crippen molar-refractivity contribution in [2.24, 2.45) is 4.99 Å². The molecule has 0 saturated carbocycles. The van der Waals surface area contributed by atoms with Gasteiger partial charge in [-0.15, -0.1) is 0 Å². The maximum absolute atomic E-state index is 11.6. The summed E-state index contributed by atoms with van der Waals surface area (Å²) in [5, 5.41) is 19.3. The quantitative estimate of drug-likeness (QED) is 0.279. The number of benzene rings is 1. The van der Waals surface area contributed by atoms with Crippen LogP contribution in [-0.4, -0.2) is 63.2 Å². The molecule has 0 aliphatic carbocycles. The Labute approximate surface area is 172 Å². The first-order chi connectivity index (χ1) is 13.7. The van der Waals surface area contributed by atoms with E-state index < -0.39 is 17.8 Å². The largest absolute Gasteiger partial charge is 0.497 e. The number of nitrogens with one attached hydrogen (secondary N) is 3. The second-order valence-electron chi connectivity index (χ2n) is 7.24. The standard InChI is InChI=1S/C20H34N4O5/c1-7-21-18(22-8-9-23-19(26)29-20(2,3)4)24-13-17(25)14-10-15(27-5)12-16(11-14)28-6/h10-12,17,25H,7-9,13H2,1-6H3,(H,23,26)(H2,21,22,24). The fourth-order valence-electron chi connectivity index (χ4n) is 2.31. The minimum atomic E-state index is -0.825. The van der Waals surface area contributed by atoms with Gasteiger partial charge in [0.25, 0.3) is 0 Å². The van der Waals surface area contributed by atoms with Crippen LogP contribution in [0.5, 0.6) is 11.5 Å². The molecular formula is C20H34N4O5. The van der Waals surface area contributed by atoms with Gasteiger partial charge in [-0.1, -0.05) is 0 Å². The molecule has 4 N–H and O–H groups in total. The van der Waals surface area contributed by atoms with Crippen molar-refractivity contribution in [3.63, 3.8) is 0 Å². The van der Waals surface area contributed by atoms with Crippen LogP contribution in [0.2, 0.25) is 0 Å². The smallest absolute Gasteiger partial charge is 0.407 e. The van der Waals surface area contributed by atoms with E-state index in [0.717, 1.165) is 0 Å². The van der Waals surface area contributed by atoms with E-state index in [1.807, 2.05) is 27.7 Å². The molecule has 1 aromatic rings. The van der Waals surface area contributed by atoms with Crippen molar-refractivity contribution in [3.05, 3.63) is 23.8 Å². The summed E-state index contributed by atoms with van der Waals surface area (Å²) >= 11 is 0. The molecule has 0 radical (unpaired) electrons. The molecule has 9 nitrogen and oxygen atoms in total. The van der Waals surface area contributed by atoms with E-state index >= 15 is 0 Å². The summed E-state index contributed by atoms with van der Waals surface area (Å²) in [4.78, 5) is 16.0. The van der Waals surface area contributed by atoms with Gasteiger partial charge in [0, 0.05) is 25.7 Å². The lowest BCUT2D eigenvalue weighted by Gasteiger charge is -2.20. The highest BCUT2D eigenvalue weighted by Gasteiger charge is 2.15. The Balaban J connectivity index is 2.60. The van der Waals surface area contributed by atoms with Crippen molar-refractivity contribution in [1.82, 2.24) is 16.0 Å². The third kappa shape index (κ3) is 9.89. The Morgan fingerprint density at radius 2 is 1.66 bits per heavy atom. The Hall–Kier alpha value is -2.68. The van der Waals surface area contributed by atoms with Crippen LogP contribution in [0.4, 0.5) is 4.79 Å². The zero-order valence-electron chi connectivity index (χ0n) is 18.2. The van der Waals surface area contributed by atoms with E-state index in [9.17, 15) is 9.90 Å². The third-order valence-electron chi connectivity index (χ3n) is 3.61. The number of ether oxygens (including phenoxy) is 3. The van der Waals surface area contributed by atoms with E-state index in [4.69, 9.17) is 14.2 Å². The predicted molar refractivity (Wildman–Crippen MR) is 113 cm³/mol. The third-order valence-corrected chi connectivity index (χ3v) is 3.61. The van der Waals surface area contributed by atoms with Gasteiger partial charge in [-0.3, -0.25) is 4.99 Å². The number of hydrogen-bond donors (Lipinski definition) is 4. The topological polar surface area (TPSA) is 113 Å². The highest BCUT2D eigenvalue weighted by atomic mass is 16.6. The normalized spacial score (nSPS) is 12.7. The number of carbonyl (C=O) groups is 1. The van der Waals surface area contributed by atoms with Crippen molar-refractivity contribution in [2.75, 3.05) is 40.4 Å². The van der Waals surface area contributed by atoms with E-state index in [1.165, 1.54) is 0 Å². The Morgan fingerprint density at radius 1 is 1.07 bits per heavy atom. The highest BCUT2D eigenvalue weighted by Crippen LogP contribution is 2.26. The van der Waals surface area contributed by atoms with E-state index in [0.29, 0.717) is 42.7 Å². The molecule has 1 rings (SSSR count). The average molecular weight is 411 g/mol. The van der Waals surface area contributed by atoms with Crippen LogP contribution >= 0.6 is 0 Å². The van der Waals surface area contributed by atoms with Gasteiger partial charge < -0.3 is 35.3 Å². The first-order valence-corrected chi connectivity index (χ1v) is 9.58. The van der Waals surface area contributed by atoms with Gasteiger partial charge in [-0.25, -0.2) is 4.79 Å². The molecule has 0 fully saturated rings. The van der Waals surface area contributed by atoms with Gasteiger partial charge in [-0.2, -0.15) is 0 Å². The minimum absolute atomic E-state index is 0.144. The number of aliphatic hydroxyl groups is 1. The van der Waals surface area contributed by atoms with Gasteiger partial charge in [0.05, 0.1) is 26.9 Å². The van der Waals surface area contributed by atoms with Crippen LogP contribution in [0.15, 0.2) is 23.2 Å². The fourth-order valence-corrected chi connectivity index (χ4v) is 2.31. The molecule has 0 bridgehead atoms. The summed E-state index contributed by atoms with van der Waals surface area (Å²) in [5.74, 6) is 1.73. The van der Waals surface area contributed by atoms with Crippen LogP contribution in [0.3, 0.4) is 0 Å². The van der Waals surface area contributed by atoms with Gasteiger partial charge in [-0.05, 0) is 45.4 Å². The first-order valence-electron chi connectivity index (χ1n) is 9.58. The molecule has 1 aromatic carbocycles.